The van der Waals surface area contributed by atoms with Crippen molar-refractivity contribution in [2.45, 2.75) is 46.2 Å². The maximum atomic E-state index is 5.43. The van der Waals surface area contributed by atoms with E-state index in [2.05, 4.69) is 58.4 Å². The number of piperazine rings is 1. The molecule has 1 unspecified atom stereocenters. The van der Waals surface area contributed by atoms with Gasteiger partial charge < -0.3 is 20.1 Å². The second kappa shape index (κ2) is 11.8. The van der Waals surface area contributed by atoms with Crippen LogP contribution in [-0.4, -0.2) is 73.8 Å². The zero-order valence-corrected chi connectivity index (χ0v) is 19.2. The highest BCUT2D eigenvalue weighted by Gasteiger charge is 2.19. The summed E-state index contributed by atoms with van der Waals surface area (Å²) in [5.74, 6) is 1.79. The molecule has 1 fully saturated rings. The molecule has 1 atom stereocenters. The fourth-order valence-electron chi connectivity index (χ4n) is 3.17. The molecule has 0 radical (unpaired) electrons. The third-order valence-electron chi connectivity index (χ3n) is 4.99. The number of nitrogens with zero attached hydrogens (tertiary/aromatic N) is 4. The van der Waals surface area contributed by atoms with Gasteiger partial charge in [-0.05, 0) is 20.4 Å². The molecule has 1 aliphatic heterocycles. The predicted octanol–water partition coefficient (Wildman–Crippen LogP) is 1.72. The first-order chi connectivity index (χ1) is 12.1. The molecule has 8 heteroatoms. The molecule has 1 aliphatic rings. The third kappa shape index (κ3) is 6.38. The van der Waals surface area contributed by atoms with E-state index >= 15 is 0 Å². The van der Waals surface area contributed by atoms with E-state index < -0.39 is 0 Å². The van der Waals surface area contributed by atoms with Crippen LogP contribution in [0.3, 0.4) is 0 Å². The van der Waals surface area contributed by atoms with E-state index in [1.165, 1.54) is 5.56 Å². The Kier molecular flexibility index (Phi) is 10.5. The minimum atomic E-state index is 0. The van der Waals surface area contributed by atoms with Gasteiger partial charge in [0, 0.05) is 64.3 Å². The first-order valence-electron chi connectivity index (χ1n) is 9.42. The highest BCUT2D eigenvalue weighted by Crippen LogP contribution is 2.15. The monoisotopic (exact) mass is 478 g/mol. The lowest BCUT2D eigenvalue weighted by Gasteiger charge is -2.36. The summed E-state index contributed by atoms with van der Waals surface area (Å²) < 4.78 is 5.43. The molecule has 0 spiro atoms. The summed E-state index contributed by atoms with van der Waals surface area (Å²) in [6, 6.07) is 0.486. The van der Waals surface area contributed by atoms with E-state index in [0.29, 0.717) is 12.6 Å². The van der Waals surface area contributed by atoms with Crippen molar-refractivity contribution in [2.24, 2.45) is 4.99 Å². The van der Waals surface area contributed by atoms with Crippen molar-refractivity contribution in [1.82, 2.24) is 25.6 Å². The summed E-state index contributed by atoms with van der Waals surface area (Å²) in [5.41, 5.74) is 2.20. The molecule has 0 aromatic carbocycles. The van der Waals surface area contributed by atoms with Gasteiger partial charge in [0.2, 0.25) is 0 Å². The van der Waals surface area contributed by atoms with Crippen LogP contribution < -0.4 is 10.6 Å². The Morgan fingerprint density at radius 2 is 1.88 bits per heavy atom. The Balaban J connectivity index is 0.00000338. The van der Waals surface area contributed by atoms with Gasteiger partial charge in [-0.15, -0.1) is 24.0 Å². The molecular formula is C18H35IN6O. The van der Waals surface area contributed by atoms with Crippen molar-refractivity contribution in [3.63, 3.8) is 0 Å². The molecule has 1 aromatic heterocycles. The van der Waals surface area contributed by atoms with E-state index in [1.54, 1.807) is 0 Å². The van der Waals surface area contributed by atoms with E-state index in [9.17, 15) is 0 Å². The fourth-order valence-corrected chi connectivity index (χ4v) is 3.17. The summed E-state index contributed by atoms with van der Waals surface area (Å²) in [6.07, 6.45) is 1.74. The Morgan fingerprint density at radius 1 is 1.19 bits per heavy atom. The fraction of sp³-hybridized carbons (Fsp3) is 0.778. The van der Waals surface area contributed by atoms with E-state index in [1.807, 2.05) is 7.05 Å². The number of rotatable bonds is 7. The summed E-state index contributed by atoms with van der Waals surface area (Å²) in [4.78, 5) is 9.26. The van der Waals surface area contributed by atoms with Gasteiger partial charge in [-0.2, -0.15) is 0 Å². The molecule has 26 heavy (non-hydrogen) atoms. The first-order valence-corrected chi connectivity index (χ1v) is 9.42. The topological polar surface area (TPSA) is 68.9 Å². The smallest absolute Gasteiger partial charge is 0.191 e. The van der Waals surface area contributed by atoms with Crippen LogP contribution in [-0.2, 0) is 19.4 Å². The van der Waals surface area contributed by atoms with Gasteiger partial charge >= 0.3 is 0 Å². The maximum Gasteiger partial charge on any atom is 0.191 e. The lowest BCUT2D eigenvalue weighted by Crippen LogP contribution is -2.52. The number of nitrogens with one attached hydrogen (secondary N) is 2. The molecule has 0 aliphatic carbocycles. The molecule has 2 N–H and O–H groups in total. The van der Waals surface area contributed by atoms with Gasteiger partial charge in [-0.1, -0.05) is 19.0 Å². The van der Waals surface area contributed by atoms with Crippen molar-refractivity contribution >= 4 is 29.9 Å². The molecule has 0 amide bonds. The molecular weight excluding hydrogens is 443 g/mol. The number of guanidine groups is 1. The lowest BCUT2D eigenvalue weighted by atomic mass is 10.1. The van der Waals surface area contributed by atoms with E-state index in [4.69, 9.17) is 4.52 Å². The van der Waals surface area contributed by atoms with Crippen molar-refractivity contribution in [3.8, 4) is 0 Å². The lowest BCUT2D eigenvalue weighted by molar-refractivity contribution is 0.120. The number of aromatic nitrogens is 1. The Morgan fingerprint density at radius 3 is 2.46 bits per heavy atom. The minimum absolute atomic E-state index is 0. The van der Waals surface area contributed by atoms with Crippen LogP contribution in [0.25, 0.3) is 0 Å². The maximum absolute atomic E-state index is 5.43. The summed E-state index contributed by atoms with van der Waals surface area (Å²) in [7, 11) is 4.00. The highest BCUT2D eigenvalue weighted by molar-refractivity contribution is 14.0. The van der Waals surface area contributed by atoms with Crippen LogP contribution in [0, 0.1) is 0 Å². The Hall–Kier alpha value is -0.870. The van der Waals surface area contributed by atoms with Gasteiger partial charge in [0.1, 0.15) is 5.76 Å². The summed E-state index contributed by atoms with van der Waals surface area (Å²) in [5, 5.41) is 11.0. The number of aryl methyl sites for hydroxylation is 2. The number of hydrogen-bond acceptors (Lipinski definition) is 5. The van der Waals surface area contributed by atoms with E-state index in [0.717, 1.165) is 63.0 Å². The Labute approximate surface area is 175 Å². The van der Waals surface area contributed by atoms with Gasteiger partial charge in [0.25, 0.3) is 0 Å². The number of halogens is 1. The third-order valence-corrected chi connectivity index (χ3v) is 4.99. The van der Waals surface area contributed by atoms with Crippen molar-refractivity contribution in [3.05, 3.63) is 17.0 Å². The number of aliphatic imine (C=N–C) groups is 1. The predicted molar refractivity (Wildman–Crippen MR) is 117 cm³/mol. The van der Waals surface area contributed by atoms with Gasteiger partial charge in [0.05, 0.1) is 5.69 Å². The number of likely N-dealkylation sites (N-methyl/N-ethyl adjacent to an activating group) is 1. The van der Waals surface area contributed by atoms with Crippen LogP contribution in [0.5, 0.6) is 0 Å². The highest BCUT2D eigenvalue weighted by atomic mass is 127. The van der Waals surface area contributed by atoms with Crippen LogP contribution in [0.4, 0.5) is 0 Å². The van der Waals surface area contributed by atoms with Crippen LogP contribution in [0.2, 0.25) is 0 Å². The van der Waals surface area contributed by atoms with Crippen molar-refractivity contribution < 1.29 is 4.52 Å². The molecule has 0 saturated carbocycles. The molecule has 2 rings (SSSR count). The van der Waals surface area contributed by atoms with E-state index in [-0.39, 0.29) is 24.0 Å². The van der Waals surface area contributed by atoms with Crippen molar-refractivity contribution in [1.29, 1.82) is 0 Å². The standard InChI is InChI=1S/C18H34N6O.HI/c1-6-16-15(17(7-2)25-22-16)13-21-18(19-4)20-12-14(3)24-10-8-23(5)9-11-24;/h14H,6-13H2,1-5H3,(H2,19,20,21);1H. The van der Waals surface area contributed by atoms with Gasteiger partial charge in [0.15, 0.2) is 5.96 Å². The molecule has 7 nitrogen and oxygen atoms in total. The Bertz CT molecular complexity index is 532. The second-order valence-electron chi connectivity index (χ2n) is 6.73. The van der Waals surface area contributed by atoms with Crippen LogP contribution >= 0.6 is 24.0 Å². The molecule has 1 aromatic rings. The largest absolute Gasteiger partial charge is 0.361 e. The SMILES string of the molecule is CCc1noc(CC)c1CNC(=NC)NCC(C)N1CCN(C)CC1.I. The number of hydrogen-bond donors (Lipinski definition) is 2. The zero-order valence-electron chi connectivity index (χ0n) is 16.8. The molecule has 0 bridgehead atoms. The van der Waals surface area contributed by atoms with Crippen molar-refractivity contribution in [2.75, 3.05) is 46.8 Å². The van der Waals surface area contributed by atoms with Gasteiger partial charge in [-0.25, -0.2) is 0 Å². The molecule has 1 saturated heterocycles. The average molecular weight is 478 g/mol. The molecule has 150 valence electrons. The molecule has 2 heterocycles. The quantitative estimate of drug-likeness (QED) is 0.354. The zero-order chi connectivity index (χ0) is 18.2. The normalized spacial score (nSPS) is 17.7. The van der Waals surface area contributed by atoms with Crippen LogP contribution in [0.1, 0.15) is 37.8 Å². The second-order valence-corrected chi connectivity index (χ2v) is 6.73. The summed E-state index contributed by atoms with van der Waals surface area (Å²) in [6.45, 7) is 12.6. The summed E-state index contributed by atoms with van der Waals surface area (Å²) >= 11 is 0. The first kappa shape index (κ1) is 23.2. The van der Waals surface area contributed by atoms with Crippen LogP contribution in [0.15, 0.2) is 9.52 Å². The van der Waals surface area contributed by atoms with Gasteiger partial charge in [-0.3, -0.25) is 9.89 Å². The average Bonchev–Trinajstić information content (AvgIpc) is 3.04. The minimum Gasteiger partial charge on any atom is -0.361 e.